The highest BCUT2D eigenvalue weighted by Gasteiger charge is 2.55. The Morgan fingerprint density at radius 3 is 2.60 bits per heavy atom. The average Bonchev–Trinajstić information content (AvgIpc) is 3.04. The van der Waals surface area contributed by atoms with Gasteiger partial charge in [0.1, 0.15) is 0 Å². The Bertz CT molecular complexity index is 928. The second kappa shape index (κ2) is 5.87. The van der Waals surface area contributed by atoms with Gasteiger partial charge in [-0.1, -0.05) is 37.2 Å². The second-order valence-electron chi connectivity index (χ2n) is 6.76. The third kappa shape index (κ3) is 2.34. The van der Waals surface area contributed by atoms with E-state index in [1.165, 1.54) is 8.96 Å². The smallest absolute Gasteiger partial charge is 0.394 e. The van der Waals surface area contributed by atoms with Crippen LogP contribution in [-0.4, -0.2) is 26.7 Å². The van der Waals surface area contributed by atoms with Gasteiger partial charge in [-0.3, -0.25) is 0 Å². The molecule has 3 heterocycles. The first kappa shape index (κ1) is 16.6. The van der Waals surface area contributed by atoms with Crippen molar-refractivity contribution < 1.29 is 13.1 Å². The van der Waals surface area contributed by atoms with E-state index in [0.29, 0.717) is 22.1 Å². The van der Waals surface area contributed by atoms with Gasteiger partial charge in [-0.15, -0.1) is 0 Å². The molecule has 25 heavy (non-hydrogen) atoms. The minimum atomic E-state index is -3.90. The summed E-state index contributed by atoms with van der Waals surface area (Å²) in [6.07, 6.45) is 4.01. The van der Waals surface area contributed by atoms with E-state index in [0.717, 1.165) is 35.3 Å². The van der Waals surface area contributed by atoms with Crippen molar-refractivity contribution in [3.63, 3.8) is 0 Å². The van der Waals surface area contributed by atoms with Crippen molar-refractivity contribution in [2.24, 2.45) is 0 Å². The van der Waals surface area contributed by atoms with Gasteiger partial charge in [-0.05, 0) is 49.7 Å². The predicted molar refractivity (Wildman–Crippen MR) is 103 cm³/mol. The van der Waals surface area contributed by atoms with Gasteiger partial charge >= 0.3 is 6.97 Å². The summed E-state index contributed by atoms with van der Waals surface area (Å²) in [6.45, 7) is 1.89. The Hall–Kier alpha value is -1.82. The number of halogens is 2. The van der Waals surface area contributed by atoms with Crippen LogP contribution < -0.4 is 0 Å². The Morgan fingerprint density at radius 2 is 1.88 bits per heavy atom. The van der Waals surface area contributed by atoms with E-state index in [1.807, 2.05) is 43.3 Å². The molecule has 0 saturated carbocycles. The zero-order valence-electron chi connectivity index (χ0n) is 14.7. The number of hydrogen-bond acceptors (Lipinski definition) is 1. The molecule has 6 heteroatoms. The molecule has 1 aromatic heterocycles. The highest BCUT2D eigenvalue weighted by atomic mass is 32.2. The van der Waals surface area contributed by atoms with Crippen LogP contribution in [0, 0.1) is 13.8 Å². The lowest BCUT2D eigenvalue weighted by molar-refractivity contribution is -0.314. The number of unbranched alkanes of at least 4 members (excludes halogenated alkanes) is 1. The summed E-state index contributed by atoms with van der Waals surface area (Å²) in [5, 5.41) is 0.691. The SMILES string of the molecule is CCCCSC1=[N+]2C(=Cc3c(C)cc(C)n3[B-]2(F)F)c2ccccc21. The molecular formula is C19H21BF2N2S. The van der Waals surface area contributed by atoms with Crippen LogP contribution in [-0.2, 0) is 0 Å². The van der Waals surface area contributed by atoms with Crippen LogP contribution in [0.15, 0.2) is 30.3 Å². The fraction of sp³-hybridized carbons (Fsp3) is 0.316. The molecule has 0 spiro atoms. The van der Waals surface area contributed by atoms with Crippen LogP contribution in [0.3, 0.4) is 0 Å². The Balaban J connectivity index is 1.97. The van der Waals surface area contributed by atoms with Crippen LogP contribution in [0.5, 0.6) is 0 Å². The number of benzene rings is 1. The van der Waals surface area contributed by atoms with Crippen LogP contribution in [0.2, 0.25) is 0 Å². The van der Waals surface area contributed by atoms with E-state index in [9.17, 15) is 0 Å². The van der Waals surface area contributed by atoms with Crippen molar-refractivity contribution in [1.82, 2.24) is 4.48 Å². The zero-order valence-corrected chi connectivity index (χ0v) is 15.5. The van der Waals surface area contributed by atoms with Crippen molar-refractivity contribution in [2.45, 2.75) is 33.6 Å². The molecule has 2 nitrogen and oxygen atoms in total. The van der Waals surface area contributed by atoms with Crippen LogP contribution in [0.4, 0.5) is 8.63 Å². The number of rotatable bonds is 3. The van der Waals surface area contributed by atoms with Gasteiger partial charge in [0.25, 0.3) is 0 Å². The van der Waals surface area contributed by atoms with Gasteiger partial charge in [-0.25, -0.2) is 0 Å². The third-order valence-electron chi connectivity index (χ3n) is 5.01. The van der Waals surface area contributed by atoms with Gasteiger partial charge in [0.2, 0.25) is 5.04 Å². The molecular weight excluding hydrogens is 337 g/mol. The maximum Gasteiger partial charge on any atom is 0.738 e. The zero-order chi connectivity index (χ0) is 17.8. The molecule has 0 atom stereocenters. The Kier molecular flexibility index (Phi) is 3.91. The molecule has 2 aromatic rings. The summed E-state index contributed by atoms with van der Waals surface area (Å²) in [7, 11) is 0. The van der Waals surface area contributed by atoms with Crippen molar-refractivity contribution >= 4 is 35.5 Å². The highest BCUT2D eigenvalue weighted by molar-refractivity contribution is 8.14. The monoisotopic (exact) mass is 358 g/mol. The quantitative estimate of drug-likeness (QED) is 0.544. The molecule has 0 fully saturated rings. The molecule has 4 rings (SSSR count). The molecule has 0 unspecified atom stereocenters. The number of aromatic nitrogens is 1. The fourth-order valence-corrected chi connectivity index (χ4v) is 5.18. The van der Waals surface area contributed by atoms with E-state index in [2.05, 4.69) is 6.92 Å². The summed E-state index contributed by atoms with van der Waals surface area (Å²) in [4.78, 5) is 0. The van der Waals surface area contributed by atoms with Crippen LogP contribution >= 0.6 is 11.8 Å². The first-order valence-electron chi connectivity index (χ1n) is 8.78. The lowest BCUT2D eigenvalue weighted by atomic mass is 9.90. The van der Waals surface area contributed by atoms with Gasteiger partial charge < -0.3 is 17.6 Å². The molecule has 0 amide bonds. The number of nitrogens with zero attached hydrogens (tertiary/aromatic N) is 2. The van der Waals surface area contributed by atoms with E-state index in [4.69, 9.17) is 0 Å². The van der Waals surface area contributed by atoms with Gasteiger partial charge in [0.05, 0.1) is 11.1 Å². The summed E-state index contributed by atoms with van der Waals surface area (Å²) in [5.74, 6) is 0.854. The summed E-state index contributed by atoms with van der Waals surface area (Å²) >= 11 is 1.55. The molecule has 2 aliphatic heterocycles. The molecule has 0 aliphatic carbocycles. The topological polar surface area (TPSA) is 7.94 Å². The maximum absolute atomic E-state index is 15.6. The van der Waals surface area contributed by atoms with Crippen molar-refractivity contribution in [1.29, 1.82) is 0 Å². The molecule has 1 aromatic carbocycles. The number of thioether (sulfide) groups is 1. The van der Waals surface area contributed by atoms with Crippen molar-refractivity contribution in [3.8, 4) is 0 Å². The minimum Gasteiger partial charge on any atom is -0.394 e. The average molecular weight is 358 g/mol. The summed E-state index contributed by atoms with van der Waals surface area (Å²) in [6, 6.07) is 9.62. The van der Waals surface area contributed by atoms with E-state index < -0.39 is 6.97 Å². The normalized spacial score (nSPS) is 17.2. The van der Waals surface area contributed by atoms with Crippen molar-refractivity contribution in [2.75, 3.05) is 5.75 Å². The first-order chi connectivity index (χ1) is 12.0. The molecule has 2 aliphatic rings. The number of fused-ring (bicyclic) bond motifs is 4. The summed E-state index contributed by atoms with van der Waals surface area (Å²) < 4.78 is 33.8. The second-order valence-corrected chi connectivity index (χ2v) is 7.85. The Morgan fingerprint density at radius 1 is 1.16 bits per heavy atom. The van der Waals surface area contributed by atoms with E-state index >= 15 is 8.63 Å². The van der Waals surface area contributed by atoms with Crippen LogP contribution in [0.1, 0.15) is 47.8 Å². The largest absolute Gasteiger partial charge is 0.738 e. The standard InChI is InChI=1S/C19H21BF2N2S/c1-4-5-10-25-19-16-9-7-6-8-15(16)18-12-17-13(2)11-14(3)23(17)20(21,22)24(18)19/h6-9,11-12H,4-5,10H2,1-3H3. The van der Waals surface area contributed by atoms with Gasteiger partial charge in [0, 0.05) is 17.5 Å². The first-order valence-corrected chi connectivity index (χ1v) is 9.76. The number of aryl methyl sites for hydroxylation is 2. The lowest BCUT2D eigenvalue weighted by Gasteiger charge is -2.30. The molecule has 0 saturated heterocycles. The molecule has 130 valence electrons. The molecule has 0 N–H and O–H groups in total. The molecule has 0 bridgehead atoms. The predicted octanol–water partition coefficient (Wildman–Crippen LogP) is 5.15. The minimum absolute atomic E-state index is 0.613. The maximum atomic E-state index is 15.6. The fourth-order valence-electron chi connectivity index (χ4n) is 3.86. The van der Waals surface area contributed by atoms with Gasteiger partial charge in [0.15, 0.2) is 5.70 Å². The van der Waals surface area contributed by atoms with Crippen LogP contribution in [0.25, 0.3) is 11.8 Å². The van der Waals surface area contributed by atoms with E-state index in [-0.39, 0.29) is 0 Å². The molecule has 0 radical (unpaired) electrons. The highest BCUT2D eigenvalue weighted by Crippen LogP contribution is 2.42. The summed E-state index contributed by atoms with van der Waals surface area (Å²) in [5.41, 5.74) is 4.61. The number of hydrogen-bond donors (Lipinski definition) is 0. The third-order valence-corrected chi connectivity index (χ3v) is 6.19. The Labute approximate surface area is 151 Å². The van der Waals surface area contributed by atoms with Crippen molar-refractivity contribution in [3.05, 3.63) is 58.4 Å². The van der Waals surface area contributed by atoms with E-state index in [1.54, 1.807) is 18.7 Å². The lowest BCUT2D eigenvalue weighted by Crippen LogP contribution is -2.49. The van der Waals surface area contributed by atoms with Gasteiger partial charge in [-0.2, -0.15) is 0 Å².